The summed E-state index contributed by atoms with van der Waals surface area (Å²) < 4.78 is 15.9. The zero-order valence-electron chi connectivity index (χ0n) is 14.0. The van der Waals surface area contributed by atoms with Crippen LogP contribution in [0.25, 0.3) is 0 Å². The van der Waals surface area contributed by atoms with E-state index in [2.05, 4.69) is 0 Å². The summed E-state index contributed by atoms with van der Waals surface area (Å²) in [7, 11) is 1.27. The number of methoxy groups -OCH3 is 1. The number of phenols is 1. The Kier molecular flexibility index (Phi) is 5.84. The van der Waals surface area contributed by atoms with Gasteiger partial charge in [-0.25, -0.2) is 4.79 Å². The van der Waals surface area contributed by atoms with E-state index in [1.165, 1.54) is 19.2 Å². The predicted octanol–water partition coefficient (Wildman–Crippen LogP) is 2.37. The molecule has 0 amide bonds. The highest BCUT2D eigenvalue weighted by molar-refractivity contribution is 5.95. The Labute approximate surface area is 145 Å². The third kappa shape index (κ3) is 4.41. The molecule has 0 aliphatic carbocycles. The number of hydrogen-bond donors (Lipinski definition) is 3. The number of nitrogens with two attached hydrogens (primary N) is 1. The van der Waals surface area contributed by atoms with Crippen molar-refractivity contribution in [1.29, 1.82) is 5.41 Å². The summed E-state index contributed by atoms with van der Waals surface area (Å²) in [4.78, 5) is 12.1. The van der Waals surface area contributed by atoms with Gasteiger partial charge in [-0.05, 0) is 43.3 Å². The van der Waals surface area contributed by atoms with Crippen molar-refractivity contribution in [1.82, 2.24) is 0 Å². The van der Waals surface area contributed by atoms with Gasteiger partial charge in [0.2, 0.25) is 6.10 Å². The summed E-state index contributed by atoms with van der Waals surface area (Å²) in [6.45, 7) is 2.16. The molecule has 0 bridgehead atoms. The molecular formula is C18H20N2O5. The number of phenolic OH excluding ortho intramolecular Hbond substituents is 1. The van der Waals surface area contributed by atoms with Crippen molar-refractivity contribution in [3.63, 3.8) is 0 Å². The fourth-order valence-electron chi connectivity index (χ4n) is 2.17. The Morgan fingerprint density at radius 1 is 1.24 bits per heavy atom. The summed E-state index contributed by atoms with van der Waals surface area (Å²) in [5.74, 6) is -0.0179. The fourth-order valence-corrected chi connectivity index (χ4v) is 2.17. The van der Waals surface area contributed by atoms with E-state index in [-0.39, 0.29) is 17.3 Å². The summed E-state index contributed by atoms with van der Waals surface area (Å²) in [6.07, 6.45) is -1.03. The van der Waals surface area contributed by atoms with E-state index in [4.69, 9.17) is 25.4 Å². The number of nitrogens with one attached hydrogen (secondary N) is 1. The molecule has 1 atom stereocenters. The van der Waals surface area contributed by atoms with Crippen molar-refractivity contribution < 1.29 is 24.1 Å². The van der Waals surface area contributed by atoms with E-state index in [1.54, 1.807) is 37.3 Å². The second kappa shape index (κ2) is 8.05. The van der Waals surface area contributed by atoms with Crippen molar-refractivity contribution in [2.24, 2.45) is 5.73 Å². The molecule has 2 rings (SSSR count). The van der Waals surface area contributed by atoms with Gasteiger partial charge >= 0.3 is 5.97 Å². The van der Waals surface area contributed by atoms with Gasteiger partial charge in [0.05, 0.1) is 13.7 Å². The number of esters is 1. The van der Waals surface area contributed by atoms with Crippen LogP contribution in [0.2, 0.25) is 0 Å². The third-order valence-electron chi connectivity index (χ3n) is 3.42. The molecule has 0 fully saturated rings. The number of aromatic hydroxyl groups is 1. The van der Waals surface area contributed by atoms with Crippen LogP contribution in [0.4, 0.5) is 0 Å². The number of ether oxygens (including phenoxy) is 3. The molecule has 0 aromatic heterocycles. The summed E-state index contributed by atoms with van der Waals surface area (Å²) in [5.41, 5.74) is 6.44. The highest BCUT2D eigenvalue weighted by atomic mass is 16.6. The maximum atomic E-state index is 12.1. The molecule has 0 saturated heterocycles. The number of hydrogen-bond acceptors (Lipinski definition) is 6. The molecule has 7 nitrogen and oxygen atoms in total. The molecule has 132 valence electrons. The first-order valence-electron chi connectivity index (χ1n) is 7.61. The molecule has 1 unspecified atom stereocenters. The van der Waals surface area contributed by atoms with Crippen LogP contribution in [-0.2, 0) is 9.53 Å². The molecule has 0 heterocycles. The lowest BCUT2D eigenvalue weighted by atomic mass is 10.1. The molecule has 25 heavy (non-hydrogen) atoms. The quantitative estimate of drug-likeness (QED) is 0.403. The lowest BCUT2D eigenvalue weighted by Gasteiger charge is -2.18. The van der Waals surface area contributed by atoms with Crippen molar-refractivity contribution in [2.75, 3.05) is 13.7 Å². The van der Waals surface area contributed by atoms with E-state index < -0.39 is 12.1 Å². The molecular weight excluding hydrogens is 324 g/mol. The highest BCUT2D eigenvalue weighted by Gasteiger charge is 2.25. The Morgan fingerprint density at radius 2 is 1.92 bits per heavy atom. The zero-order chi connectivity index (χ0) is 18.4. The van der Waals surface area contributed by atoms with E-state index in [0.717, 1.165) is 0 Å². The van der Waals surface area contributed by atoms with Crippen LogP contribution in [-0.4, -0.2) is 30.6 Å². The summed E-state index contributed by atoms with van der Waals surface area (Å²) in [6, 6.07) is 11.0. The first-order chi connectivity index (χ1) is 12.0. The number of nitrogen functional groups attached to an aromatic ring is 1. The van der Waals surface area contributed by atoms with Crippen LogP contribution < -0.4 is 15.2 Å². The number of benzene rings is 2. The molecule has 0 saturated carbocycles. The average molecular weight is 344 g/mol. The van der Waals surface area contributed by atoms with E-state index in [1.807, 2.05) is 0 Å². The molecule has 0 aliphatic rings. The van der Waals surface area contributed by atoms with Crippen LogP contribution in [0.5, 0.6) is 17.2 Å². The smallest absolute Gasteiger partial charge is 0.351 e. The Bertz CT molecular complexity index is 759. The van der Waals surface area contributed by atoms with Gasteiger partial charge in [0.15, 0.2) is 11.5 Å². The zero-order valence-corrected chi connectivity index (χ0v) is 14.0. The van der Waals surface area contributed by atoms with Gasteiger partial charge in [-0.15, -0.1) is 0 Å². The van der Waals surface area contributed by atoms with E-state index in [0.29, 0.717) is 23.5 Å². The highest BCUT2D eigenvalue weighted by Crippen LogP contribution is 2.32. The van der Waals surface area contributed by atoms with Crippen molar-refractivity contribution in [3.8, 4) is 17.2 Å². The fraction of sp³-hybridized carbons (Fsp3) is 0.222. The molecule has 7 heteroatoms. The minimum atomic E-state index is -1.03. The van der Waals surface area contributed by atoms with Gasteiger partial charge in [0, 0.05) is 11.1 Å². The maximum Gasteiger partial charge on any atom is 0.351 e. The van der Waals surface area contributed by atoms with Gasteiger partial charge < -0.3 is 25.1 Å². The van der Waals surface area contributed by atoms with Crippen molar-refractivity contribution in [3.05, 3.63) is 53.6 Å². The number of rotatable bonds is 7. The van der Waals surface area contributed by atoms with Crippen molar-refractivity contribution in [2.45, 2.75) is 13.0 Å². The first kappa shape index (κ1) is 18.1. The average Bonchev–Trinajstić information content (AvgIpc) is 2.61. The first-order valence-corrected chi connectivity index (χ1v) is 7.61. The summed E-state index contributed by atoms with van der Waals surface area (Å²) in [5, 5.41) is 17.2. The number of carbonyl (C=O) groups excluding carboxylic acids is 1. The van der Waals surface area contributed by atoms with Gasteiger partial charge in [-0.3, -0.25) is 5.41 Å². The lowest BCUT2D eigenvalue weighted by Crippen LogP contribution is -2.20. The van der Waals surface area contributed by atoms with E-state index >= 15 is 0 Å². The summed E-state index contributed by atoms with van der Waals surface area (Å²) >= 11 is 0. The standard InChI is InChI=1S/C18H20N2O5/c1-3-24-15-10-12(6-9-14(15)21)16(18(22)23-2)25-13-7-4-11(5-8-13)17(19)20/h4-10,16,21H,3H2,1-2H3,(H3,19,20). The normalized spacial score (nSPS) is 11.4. The second-order valence-electron chi connectivity index (χ2n) is 5.12. The third-order valence-corrected chi connectivity index (χ3v) is 3.42. The maximum absolute atomic E-state index is 12.1. The van der Waals surface area contributed by atoms with Crippen LogP contribution in [0, 0.1) is 5.41 Å². The van der Waals surface area contributed by atoms with Crippen LogP contribution in [0.15, 0.2) is 42.5 Å². The van der Waals surface area contributed by atoms with Gasteiger partial charge in [0.1, 0.15) is 11.6 Å². The van der Waals surface area contributed by atoms with Crippen molar-refractivity contribution >= 4 is 11.8 Å². The van der Waals surface area contributed by atoms with Gasteiger partial charge in [-0.1, -0.05) is 6.07 Å². The minimum absolute atomic E-state index is 0.0278. The topological polar surface area (TPSA) is 115 Å². The largest absolute Gasteiger partial charge is 0.504 e. The molecule has 0 aliphatic heterocycles. The van der Waals surface area contributed by atoms with E-state index in [9.17, 15) is 9.90 Å². The lowest BCUT2D eigenvalue weighted by molar-refractivity contribution is -0.149. The van der Waals surface area contributed by atoms with Gasteiger partial charge in [-0.2, -0.15) is 0 Å². The number of amidine groups is 1. The minimum Gasteiger partial charge on any atom is -0.504 e. The second-order valence-corrected chi connectivity index (χ2v) is 5.12. The molecule has 0 spiro atoms. The Balaban J connectivity index is 2.31. The molecule has 2 aromatic carbocycles. The molecule has 2 aromatic rings. The van der Waals surface area contributed by atoms with Crippen LogP contribution in [0.1, 0.15) is 24.2 Å². The Hall–Kier alpha value is -3.22. The van der Waals surface area contributed by atoms with Crippen LogP contribution in [0.3, 0.4) is 0 Å². The van der Waals surface area contributed by atoms with Crippen LogP contribution >= 0.6 is 0 Å². The predicted molar refractivity (Wildman–Crippen MR) is 92.1 cm³/mol. The Morgan fingerprint density at radius 3 is 2.48 bits per heavy atom. The number of carbonyl (C=O) groups is 1. The SMILES string of the molecule is CCOc1cc(C(Oc2ccc(C(=N)N)cc2)C(=O)OC)ccc1O. The van der Waals surface area contributed by atoms with Gasteiger partial charge in [0.25, 0.3) is 0 Å². The molecule has 4 N–H and O–H groups in total. The molecule has 0 radical (unpaired) electrons. The monoisotopic (exact) mass is 344 g/mol.